The standard InChI is InChI=1S/C13H15N7/c1-18-9-8-14-12(18)10-19(2)13-15-16-17-20(13)11-6-4-3-5-7-11/h3-9H,10H2,1-2H3. The van der Waals surface area contributed by atoms with Crippen molar-refractivity contribution in [2.45, 2.75) is 6.54 Å². The lowest BCUT2D eigenvalue weighted by Gasteiger charge is -2.17. The summed E-state index contributed by atoms with van der Waals surface area (Å²) in [7, 11) is 3.91. The van der Waals surface area contributed by atoms with Crippen LogP contribution < -0.4 is 4.90 Å². The van der Waals surface area contributed by atoms with Crippen LogP contribution in [0.1, 0.15) is 5.82 Å². The van der Waals surface area contributed by atoms with Crippen LogP contribution in [-0.2, 0) is 13.6 Å². The normalized spacial score (nSPS) is 10.7. The molecule has 3 rings (SSSR count). The van der Waals surface area contributed by atoms with E-state index in [0.29, 0.717) is 12.5 Å². The van der Waals surface area contributed by atoms with Crippen molar-refractivity contribution >= 4 is 5.95 Å². The van der Waals surface area contributed by atoms with Crippen LogP contribution in [0.3, 0.4) is 0 Å². The molecule has 0 aliphatic rings. The lowest BCUT2D eigenvalue weighted by atomic mass is 10.3. The summed E-state index contributed by atoms with van der Waals surface area (Å²) >= 11 is 0. The zero-order valence-corrected chi connectivity index (χ0v) is 11.4. The van der Waals surface area contributed by atoms with Gasteiger partial charge in [0.2, 0.25) is 0 Å². The predicted molar refractivity (Wildman–Crippen MR) is 74.5 cm³/mol. The fourth-order valence-electron chi connectivity index (χ4n) is 1.99. The van der Waals surface area contributed by atoms with Crippen molar-refractivity contribution in [2.75, 3.05) is 11.9 Å². The monoisotopic (exact) mass is 269 g/mol. The second-order valence-corrected chi connectivity index (χ2v) is 4.54. The molecule has 0 fully saturated rings. The van der Waals surface area contributed by atoms with Gasteiger partial charge in [0.1, 0.15) is 5.82 Å². The molecule has 0 saturated carbocycles. The first kappa shape index (κ1) is 12.3. The van der Waals surface area contributed by atoms with Crippen LogP contribution in [0.4, 0.5) is 5.95 Å². The molecule has 0 unspecified atom stereocenters. The van der Waals surface area contributed by atoms with Crippen molar-refractivity contribution in [3.05, 3.63) is 48.5 Å². The zero-order chi connectivity index (χ0) is 13.9. The lowest BCUT2D eigenvalue weighted by Crippen LogP contribution is -2.22. The first-order valence-electron chi connectivity index (χ1n) is 6.27. The molecule has 20 heavy (non-hydrogen) atoms. The van der Waals surface area contributed by atoms with Gasteiger partial charge in [-0.3, -0.25) is 0 Å². The van der Waals surface area contributed by atoms with Crippen molar-refractivity contribution in [3.8, 4) is 5.69 Å². The van der Waals surface area contributed by atoms with Gasteiger partial charge >= 0.3 is 0 Å². The van der Waals surface area contributed by atoms with E-state index in [2.05, 4.69) is 20.5 Å². The van der Waals surface area contributed by atoms with E-state index in [-0.39, 0.29) is 0 Å². The van der Waals surface area contributed by atoms with Crippen LogP contribution in [0.2, 0.25) is 0 Å². The summed E-state index contributed by atoms with van der Waals surface area (Å²) in [6.45, 7) is 0.636. The number of aryl methyl sites for hydroxylation is 1. The second kappa shape index (κ2) is 5.12. The molecule has 0 atom stereocenters. The van der Waals surface area contributed by atoms with E-state index in [1.165, 1.54) is 0 Å². The van der Waals surface area contributed by atoms with Gasteiger partial charge in [-0.2, -0.15) is 4.68 Å². The second-order valence-electron chi connectivity index (χ2n) is 4.54. The molecule has 0 spiro atoms. The number of hydrogen-bond acceptors (Lipinski definition) is 5. The van der Waals surface area contributed by atoms with Gasteiger partial charge in [-0.15, -0.1) is 0 Å². The third kappa shape index (κ3) is 2.25. The summed E-state index contributed by atoms with van der Waals surface area (Å²) in [4.78, 5) is 6.28. The summed E-state index contributed by atoms with van der Waals surface area (Å²) in [6, 6.07) is 9.81. The Hall–Kier alpha value is -2.70. The van der Waals surface area contributed by atoms with Crippen LogP contribution in [0, 0.1) is 0 Å². The molecular weight excluding hydrogens is 254 g/mol. The summed E-state index contributed by atoms with van der Waals surface area (Å²) in [5.41, 5.74) is 0.930. The molecule has 7 heteroatoms. The average molecular weight is 269 g/mol. The van der Waals surface area contributed by atoms with E-state index in [9.17, 15) is 0 Å². The number of nitrogens with zero attached hydrogens (tertiary/aromatic N) is 7. The zero-order valence-electron chi connectivity index (χ0n) is 11.4. The highest BCUT2D eigenvalue weighted by Gasteiger charge is 2.14. The van der Waals surface area contributed by atoms with Crippen molar-refractivity contribution in [1.29, 1.82) is 0 Å². The quantitative estimate of drug-likeness (QED) is 0.708. The summed E-state index contributed by atoms with van der Waals surface area (Å²) in [5.74, 6) is 1.63. The van der Waals surface area contributed by atoms with Gasteiger partial charge in [-0.1, -0.05) is 23.3 Å². The molecule has 1 aromatic carbocycles. The van der Waals surface area contributed by atoms with Crippen LogP contribution >= 0.6 is 0 Å². The van der Waals surface area contributed by atoms with Crippen LogP contribution in [0.25, 0.3) is 5.69 Å². The minimum atomic E-state index is 0.636. The Balaban J connectivity index is 1.88. The highest BCUT2D eigenvalue weighted by Crippen LogP contribution is 2.15. The molecule has 102 valence electrons. The number of hydrogen-bond donors (Lipinski definition) is 0. The molecule has 7 nitrogen and oxygen atoms in total. The van der Waals surface area contributed by atoms with Crippen molar-refractivity contribution in [2.24, 2.45) is 7.05 Å². The molecular formula is C13H15N7. The minimum absolute atomic E-state index is 0.636. The average Bonchev–Trinajstić information content (AvgIpc) is 3.09. The summed E-state index contributed by atoms with van der Waals surface area (Å²) in [6.07, 6.45) is 3.70. The van der Waals surface area contributed by atoms with Gasteiger partial charge in [-0.05, 0) is 22.6 Å². The van der Waals surface area contributed by atoms with Crippen LogP contribution in [-0.4, -0.2) is 36.8 Å². The Bertz CT molecular complexity index is 686. The topological polar surface area (TPSA) is 64.7 Å². The molecule has 0 aliphatic heterocycles. The number of tetrazole rings is 1. The van der Waals surface area contributed by atoms with E-state index in [0.717, 1.165) is 11.5 Å². The molecule has 0 bridgehead atoms. The Kier molecular flexibility index (Phi) is 3.16. The maximum absolute atomic E-state index is 4.31. The van der Waals surface area contributed by atoms with Gasteiger partial charge < -0.3 is 9.47 Å². The van der Waals surface area contributed by atoms with Gasteiger partial charge in [0.25, 0.3) is 5.95 Å². The predicted octanol–water partition coefficient (Wildman–Crippen LogP) is 1.03. The van der Waals surface area contributed by atoms with Crippen LogP contribution in [0.5, 0.6) is 0 Å². The van der Waals surface area contributed by atoms with Gasteiger partial charge in [0, 0.05) is 26.5 Å². The Morgan fingerprint density at radius 1 is 1.20 bits per heavy atom. The van der Waals surface area contributed by atoms with Crippen molar-refractivity contribution in [1.82, 2.24) is 29.8 Å². The first-order valence-corrected chi connectivity index (χ1v) is 6.27. The number of rotatable bonds is 4. The summed E-state index contributed by atoms with van der Waals surface area (Å²) < 4.78 is 3.69. The Labute approximate surface area is 116 Å². The lowest BCUT2D eigenvalue weighted by molar-refractivity contribution is 0.728. The Morgan fingerprint density at radius 2 is 2.00 bits per heavy atom. The van der Waals surface area contributed by atoms with Gasteiger partial charge in [-0.25, -0.2) is 4.98 Å². The largest absolute Gasteiger partial charge is 0.337 e. The number of para-hydroxylation sites is 1. The smallest absolute Gasteiger partial charge is 0.250 e. The molecule has 2 aromatic heterocycles. The minimum Gasteiger partial charge on any atom is -0.337 e. The van der Waals surface area contributed by atoms with E-state index in [4.69, 9.17) is 0 Å². The molecule has 0 saturated heterocycles. The first-order chi connectivity index (χ1) is 9.75. The molecule has 0 aliphatic carbocycles. The third-order valence-corrected chi connectivity index (χ3v) is 3.09. The molecule has 0 N–H and O–H groups in total. The maximum atomic E-state index is 4.31. The Morgan fingerprint density at radius 3 is 2.70 bits per heavy atom. The highest BCUT2D eigenvalue weighted by molar-refractivity contribution is 5.39. The van der Waals surface area contributed by atoms with E-state index in [1.54, 1.807) is 10.9 Å². The fraction of sp³-hybridized carbons (Fsp3) is 0.231. The number of imidazole rings is 1. The third-order valence-electron chi connectivity index (χ3n) is 3.09. The number of benzene rings is 1. The molecule has 3 aromatic rings. The van der Waals surface area contributed by atoms with Crippen molar-refractivity contribution < 1.29 is 0 Å². The fourth-order valence-corrected chi connectivity index (χ4v) is 1.99. The van der Waals surface area contributed by atoms with E-state index >= 15 is 0 Å². The van der Waals surface area contributed by atoms with Crippen molar-refractivity contribution in [3.63, 3.8) is 0 Å². The van der Waals surface area contributed by atoms with E-state index in [1.807, 2.05) is 60.1 Å². The maximum Gasteiger partial charge on any atom is 0.250 e. The van der Waals surface area contributed by atoms with Gasteiger partial charge in [0.05, 0.1) is 12.2 Å². The summed E-state index contributed by atoms with van der Waals surface area (Å²) in [5, 5.41) is 11.9. The van der Waals surface area contributed by atoms with E-state index < -0.39 is 0 Å². The van der Waals surface area contributed by atoms with Crippen LogP contribution in [0.15, 0.2) is 42.7 Å². The molecule has 0 radical (unpaired) electrons. The highest BCUT2D eigenvalue weighted by atomic mass is 15.6. The number of anilines is 1. The molecule has 0 amide bonds. The van der Waals surface area contributed by atoms with Gasteiger partial charge in [0.15, 0.2) is 0 Å². The SMILES string of the molecule is CN(Cc1nccn1C)c1nnnn1-c1ccccc1. The molecule has 2 heterocycles. The number of aromatic nitrogens is 6.